The molecule has 3 rings (SSSR count). The van der Waals surface area contributed by atoms with Gasteiger partial charge in [-0.25, -0.2) is 0 Å². The number of amides is 2. The summed E-state index contributed by atoms with van der Waals surface area (Å²) < 4.78 is 0. The number of nitrogens with one attached hydrogen (secondary N) is 1. The molecule has 2 atom stereocenters. The number of hydrogen-bond acceptors (Lipinski definition) is 3. The van der Waals surface area contributed by atoms with Gasteiger partial charge < -0.3 is 16.0 Å². The number of aromatic nitrogens is 1. The maximum atomic E-state index is 12.8. The van der Waals surface area contributed by atoms with Crippen LogP contribution in [0.5, 0.6) is 0 Å². The van der Waals surface area contributed by atoms with Crippen LogP contribution in [-0.4, -0.2) is 40.3 Å². The van der Waals surface area contributed by atoms with Crippen LogP contribution in [0.2, 0.25) is 5.02 Å². The third-order valence-electron chi connectivity index (χ3n) is 4.74. The second kappa shape index (κ2) is 8.97. The monoisotopic (exact) mass is 387 g/mol. The molecule has 4 N–H and O–H groups in total. The zero-order valence-electron chi connectivity index (χ0n) is 15.1. The molecule has 1 aromatic heterocycles. The van der Waals surface area contributed by atoms with E-state index in [0.717, 1.165) is 12.0 Å². The second-order valence-corrected chi connectivity index (χ2v) is 7.20. The van der Waals surface area contributed by atoms with E-state index in [2.05, 4.69) is 16.0 Å². The van der Waals surface area contributed by atoms with E-state index in [1.807, 2.05) is 30.3 Å². The van der Waals surface area contributed by atoms with E-state index >= 15 is 0 Å². The van der Waals surface area contributed by atoms with E-state index < -0.39 is 12.1 Å². The summed E-state index contributed by atoms with van der Waals surface area (Å²) in [4.78, 5) is 31.3. The third kappa shape index (κ3) is 5.05. The lowest BCUT2D eigenvalue weighted by molar-refractivity contribution is -0.405. The highest BCUT2D eigenvalue weighted by Crippen LogP contribution is 2.19. The molecule has 1 aliphatic heterocycles. The third-order valence-corrected chi connectivity index (χ3v) is 4.97. The number of halogens is 1. The van der Waals surface area contributed by atoms with Gasteiger partial charge in [-0.15, -0.1) is 0 Å². The van der Waals surface area contributed by atoms with E-state index in [9.17, 15) is 9.59 Å². The predicted octanol–water partition coefficient (Wildman–Crippen LogP) is 1.20. The number of likely N-dealkylation sites (tertiary alicyclic amines) is 1. The summed E-state index contributed by atoms with van der Waals surface area (Å²) in [7, 11) is 0. The summed E-state index contributed by atoms with van der Waals surface area (Å²) in [5.74, 6) is -0.230. The summed E-state index contributed by atoms with van der Waals surface area (Å²) in [6.45, 7) is 0.878. The fourth-order valence-electron chi connectivity index (χ4n) is 3.36. The van der Waals surface area contributed by atoms with Gasteiger partial charge in [0.1, 0.15) is 6.04 Å². The average Bonchev–Trinajstić information content (AvgIpc) is 3.16. The van der Waals surface area contributed by atoms with Gasteiger partial charge in [0, 0.05) is 24.2 Å². The minimum Gasteiger partial charge on any atom is -0.349 e. The normalized spacial score (nSPS) is 17.6. The van der Waals surface area contributed by atoms with Crippen molar-refractivity contribution >= 4 is 23.4 Å². The van der Waals surface area contributed by atoms with E-state index in [-0.39, 0.29) is 18.4 Å². The molecular weight excluding hydrogens is 364 g/mol. The Morgan fingerprint density at radius 1 is 1.30 bits per heavy atom. The topological polar surface area (TPSA) is 89.9 Å². The van der Waals surface area contributed by atoms with Crippen molar-refractivity contribution in [2.75, 3.05) is 6.54 Å². The molecule has 2 heterocycles. The fraction of sp³-hybridized carbons (Fsp3) is 0.350. The van der Waals surface area contributed by atoms with Crippen LogP contribution >= 0.6 is 11.6 Å². The first-order chi connectivity index (χ1) is 13.0. The van der Waals surface area contributed by atoms with Crippen molar-refractivity contribution in [1.82, 2.24) is 15.2 Å². The maximum Gasteiger partial charge on any atom is 0.281 e. The second-order valence-electron chi connectivity index (χ2n) is 6.76. The van der Waals surface area contributed by atoms with Crippen LogP contribution in [0.25, 0.3) is 0 Å². The van der Waals surface area contributed by atoms with Gasteiger partial charge in [-0.05, 0) is 30.5 Å². The first-order valence-corrected chi connectivity index (χ1v) is 9.48. The number of hydrogen-bond donors (Lipinski definition) is 2. The Labute approximate surface area is 163 Å². The Morgan fingerprint density at radius 3 is 2.81 bits per heavy atom. The van der Waals surface area contributed by atoms with Crippen LogP contribution in [-0.2, 0) is 22.6 Å². The average molecular weight is 388 g/mol. The molecule has 27 heavy (non-hydrogen) atoms. The van der Waals surface area contributed by atoms with Crippen molar-refractivity contribution in [3.8, 4) is 0 Å². The SMILES string of the molecule is [NH3+][C@H](Cc1ccccc1)C(=O)N1CCC[C@H]1C(=O)NCc1cc(Cl)ccn1. The number of pyridine rings is 1. The lowest BCUT2D eigenvalue weighted by Crippen LogP contribution is -2.69. The van der Waals surface area contributed by atoms with Gasteiger partial charge in [0.15, 0.2) is 6.04 Å². The van der Waals surface area contributed by atoms with E-state index in [1.54, 1.807) is 23.2 Å². The van der Waals surface area contributed by atoms with Crippen LogP contribution in [0.4, 0.5) is 0 Å². The van der Waals surface area contributed by atoms with Crippen molar-refractivity contribution in [3.63, 3.8) is 0 Å². The molecule has 0 bridgehead atoms. The molecule has 6 nitrogen and oxygen atoms in total. The number of nitrogens with zero attached hydrogens (tertiary/aromatic N) is 2. The summed E-state index contributed by atoms with van der Waals surface area (Å²) in [5, 5.41) is 3.44. The van der Waals surface area contributed by atoms with Crippen LogP contribution in [0.3, 0.4) is 0 Å². The zero-order valence-corrected chi connectivity index (χ0v) is 15.9. The van der Waals surface area contributed by atoms with Crippen molar-refractivity contribution < 1.29 is 15.3 Å². The first kappa shape index (κ1) is 19.3. The smallest absolute Gasteiger partial charge is 0.281 e. The molecule has 0 unspecified atom stereocenters. The van der Waals surface area contributed by atoms with Crippen LogP contribution in [0.15, 0.2) is 48.7 Å². The summed E-state index contributed by atoms with van der Waals surface area (Å²) in [6, 6.07) is 12.3. The molecule has 0 radical (unpaired) electrons. The highest BCUT2D eigenvalue weighted by molar-refractivity contribution is 6.30. The Balaban J connectivity index is 1.58. The van der Waals surface area contributed by atoms with Crippen LogP contribution < -0.4 is 11.1 Å². The minimum absolute atomic E-state index is 0.0719. The minimum atomic E-state index is -0.447. The molecule has 1 aliphatic rings. The van der Waals surface area contributed by atoms with Crippen molar-refractivity contribution in [1.29, 1.82) is 0 Å². The van der Waals surface area contributed by atoms with E-state index in [4.69, 9.17) is 11.6 Å². The number of quaternary nitrogens is 1. The highest BCUT2D eigenvalue weighted by Gasteiger charge is 2.37. The number of rotatable bonds is 6. The molecular formula is C20H24ClN4O2+. The van der Waals surface area contributed by atoms with Crippen molar-refractivity contribution in [2.45, 2.75) is 37.9 Å². The zero-order chi connectivity index (χ0) is 19.2. The number of carbonyl (C=O) groups excluding carboxylic acids is 2. The van der Waals surface area contributed by atoms with Gasteiger partial charge in [0.2, 0.25) is 5.91 Å². The molecule has 1 saturated heterocycles. The maximum absolute atomic E-state index is 12.8. The molecule has 7 heteroatoms. The Bertz CT molecular complexity index is 800. The standard InChI is InChI=1S/C20H23ClN4O2/c21-15-8-9-23-16(12-15)13-24-19(26)18-7-4-10-25(18)20(27)17(22)11-14-5-2-1-3-6-14/h1-3,5-6,8-9,12,17-18H,4,7,10-11,13,22H2,(H,24,26)/p+1/t17-,18+/m1/s1. The lowest BCUT2D eigenvalue weighted by atomic mass is 10.1. The molecule has 0 saturated carbocycles. The van der Waals surface area contributed by atoms with Gasteiger partial charge in [-0.1, -0.05) is 41.9 Å². The Hall–Kier alpha value is -2.44. The molecule has 2 aromatic rings. The quantitative estimate of drug-likeness (QED) is 0.780. The van der Waals surface area contributed by atoms with Gasteiger partial charge in [-0.3, -0.25) is 14.6 Å². The number of benzene rings is 1. The van der Waals surface area contributed by atoms with Gasteiger partial charge in [-0.2, -0.15) is 0 Å². The summed E-state index contributed by atoms with van der Waals surface area (Å²) in [5.41, 5.74) is 5.78. The van der Waals surface area contributed by atoms with Crippen LogP contribution in [0, 0.1) is 0 Å². The van der Waals surface area contributed by atoms with Crippen LogP contribution in [0.1, 0.15) is 24.1 Å². The summed E-state index contributed by atoms with van der Waals surface area (Å²) in [6.07, 6.45) is 3.65. The largest absolute Gasteiger partial charge is 0.349 e. The van der Waals surface area contributed by atoms with Gasteiger partial charge >= 0.3 is 0 Å². The van der Waals surface area contributed by atoms with E-state index in [0.29, 0.717) is 30.1 Å². The van der Waals surface area contributed by atoms with Gasteiger partial charge in [0.05, 0.1) is 12.2 Å². The Kier molecular flexibility index (Phi) is 6.42. The van der Waals surface area contributed by atoms with E-state index in [1.165, 1.54) is 0 Å². The van der Waals surface area contributed by atoms with Gasteiger partial charge in [0.25, 0.3) is 5.91 Å². The molecule has 0 aliphatic carbocycles. The lowest BCUT2D eigenvalue weighted by Gasteiger charge is -2.25. The molecule has 0 spiro atoms. The number of carbonyl (C=O) groups is 2. The molecule has 1 aromatic carbocycles. The summed E-state index contributed by atoms with van der Waals surface area (Å²) >= 11 is 5.94. The molecule has 142 valence electrons. The Morgan fingerprint density at radius 2 is 2.07 bits per heavy atom. The molecule has 1 fully saturated rings. The fourth-order valence-corrected chi connectivity index (χ4v) is 3.55. The van der Waals surface area contributed by atoms with Crippen molar-refractivity contribution in [2.24, 2.45) is 0 Å². The highest BCUT2D eigenvalue weighted by atomic mass is 35.5. The van der Waals surface area contributed by atoms with Crippen molar-refractivity contribution in [3.05, 3.63) is 64.9 Å². The first-order valence-electron chi connectivity index (χ1n) is 9.10. The predicted molar refractivity (Wildman–Crippen MR) is 103 cm³/mol. The molecule has 2 amide bonds.